The number of unbranched alkanes of at least 4 members (excludes halogenated alkanes) is 6. The van der Waals surface area contributed by atoms with E-state index >= 15 is 0 Å². The number of aromatic nitrogens is 1. The van der Waals surface area contributed by atoms with Gasteiger partial charge in [-0.15, -0.1) is 0 Å². The van der Waals surface area contributed by atoms with Crippen molar-refractivity contribution in [3.8, 4) is 22.6 Å². The van der Waals surface area contributed by atoms with Crippen LogP contribution in [0.3, 0.4) is 0 Å². The van der Waals surface area contributed by atoms with Gasteiger partial charge in [-0.25, -0.2) is 0 Å². The highest BCUT2D eigenvalue weighted by molar-refractivity contribution is 5.80. The number of hydrogen-bond donors (Lipinski definition) is 0. The summed E-state index contributed by atoms with van der Waals surface area (Å²) in [4.78, 5) is 16.7. The van der Waals surface area contributed by atoms with E-state index < -0.39 is 0 Å². The van der Waals surface area contributed by atoms with Crippen molar-refractivity contribution in [2.45, 2.75) is 91.4 Å². The number of pyridine rings is 1. The first kappa shape index (κ1) is 25.9. The number of nitrogens with zero attached hydrogens (tertiary/aromatic N) is 1. The summed E-state index contributed by atoms with van der Waals surface area (Å²) in [6.45, 7) is 7.37. The van der Waals surface area contributed by atoms with Gasteiger partial charge < -0.3 is 9.47 Å². The lowest BCUT2D eigenvalue weighted by atomic mass is 10.0. The third-order valence-electron chi connectivity index (χ3n) is 5.97. The molecule has 0 saturated carbocycles. The summed E-state index contributed by atoms with van der Waals surface area (Å²) >= 11 is 0. The van der Waals surface area contributed by atoms with Gasteiger partial charge in [0.15, 0.2) is 0 Å². The smallest absolute Gasteiger partial charge is 0.311 e. The van der Waals surface area contributed by atoms with Crippen molar-refractivity contribution in [1.29, 1.82) is 0 Å². The van der Waals surface area contributed by atoms with Gasteiger partial charge in [-0.2, -0.15) is 0 Å². The fourth-order valence-electron chi connectivity index (χ4n) is 3.70. The number of esters is 1. The average molecular weight is 440 g/mol. The van der Waals surface area contributed by atoms with Crippen molar-refractivity contribution in [2.24, 2.45) is 5.92 Å². The summed E-state index contributed by atoms with van der Waals surface area (Å²) in [7, 11) is 0. The predicted molar refractivity (Wildman–Crippen MR) is 132 cm³/mol. The molecule has 0 saturated heterocycles. The summed E-state index contributed by atoms with van der Waals surface area (Å²) in [6.07, 6.45) is 15.6. The molecule has 32 heavy (non-hydrogen) atoms. The molecule has 0 radical (unpaired) electrons. The van der Waals surface area contributed by atoms with Gasteiger partial charge in [0.2, 0.25) is 0 Å². The van der Waals surface area contributed by atoms with Crippen molar-refractivity contribution >= 4 is 5.97 Å². The quantitative estimate of drug-likeness (QED) is 0.151. The van der Waals surface area contributed by atoms with E-state index in [9.17, 15) is 4.79 Å². The lowest BCUT2D eigenvalue weighted by Crippen LogP contribution is -2.09. The number of carbonyl (C=O) groups is 1. The van der Waals surface area contributed by atoms with Crippen molar-refractivity contribution in [3.63, 3.8) is 0 Å². The van der Waals surface area contributed by atoms with Gasteiger partial charge in [0, 0.05) is 23.7 Å². The molecule has 2 rings (SSSR count). The molecule has 176 valence electrons. The third kappa shape index (κ3) is 9.42. The van der Waals surface area contributed by atoms with Gasteiger partial charge in [-0.3, -0.25) is 9.78 Å². The molecule has 1 heterocycles. The van der Waals surface area contributed by atoms with Gasteiger partial charge in [-0.05, 0) is 30.9 Å². The van der Waals surface area contributed by atoms with E-state index in [0.29, 0.717) is 24.7 Å². The van der Waals surface area contributed by atoms with Crippen molar-refractivity contribution in [1.82, 2.24) is 4.98 Å². The van der Waals surface area contributed by atoms with E-state index in [1.165, 1.54) is 38.5 Å². The highest BCUT2D eigenvalue weighted by Gasteiger charge is 2.14. The number of hydrogen-bond acceptors (Lipinski definition) is 4. The highest BCUT2D eigenvalue weighted by atomic mass is 16.5. The molecule has 0 N–H and O–H groups in total. The van der Waals surface area contributed by atoms with E-state index in [4.69, 9.17) is 9.47 Å². The maximum Gasteiger partial charge on any atom is 0.311 e. The molecule has 4 nitrogen and oxygen atoms in total. The maximum atomic E-state index is 12.4. The van der Waals surface area contributed by atoms with E-state index in [1.54, 1.807) is 12.4 Å². The van der Waals surface area contributed by atoms with Gasteiger partial charge in [-0.1, -0.05) is 90.3 Å². The van der Waals surface area contributed by atoms with Crippen LogP contribution in [0, 0.1) is 5.92 Å². The van der Waals surface area contributed by atoms with Crippen LogP contribution in [0.1, 0.15) is 91.4 Å². The number of rotatable bonds is 16. The standard InChI is InChI=1S/C28H41NO3/c1-4-6-7-8-9-14-21-31-27-22-29-20-19-25(27)24-16-11-12-17-26(24)32-28(30)18-13-10-15-23(3)5-2/h11-12,16-17,19-20,22-23H,4-10,13-15,18,21H2,1-3H3. The Kier molecular flexibility index (Phi) is 12.5. The molecule has 1 unspecified atom stereocenters. The molecule has 1 aromatic carbocycles. The van der Waals surface area contributed by atoms with Gasteiger partial charge in [0.1, 0.15) is 11.5 Å². The van der Waals surface area contributed by atoms with Crippen LogP contribution in [0.25, 0.3) is 11.1 Å². The van der Waals surface area contributed by atoms with Crippen molar-refractivity contribution in [2.75, 3.05) is 6.61 Å². The SMILES string of the molecule is CCCCCCCCOc1cnccc1-c1ccccc1OC(=O)CCCCC(C)CC. The Morgan fingerprint density at radius 3 is 2.47 bits per heavy atom. The van der Waals surface area contributed by atoms with E-state index in [2.05, 4.69) is 25.8 Å². The molecular weight excluding hydrogens is 398 g/mol. The number of carbonyl (C=O) groups excluding carboxylic acids is 1. The molecule has 0 bridgehead atoms. The molecule has 0 spiro atoms. The summed E-state index contributed by atoms with van der Waals surface area (Å²) in [5.41, 5.74) is 1.77. The summed E-state index contributed by atoms with van der Waals surface area (Å²) in [5.74, 6) is 1.85. The van der Waals surface area contributed by atoms with Crippen LogP contribution >= 0.6 is 0 Å². The molecule has 1 aromatic heterocycles. The number of para-hydroxylation sites is 1. The minimum absolute atomic E-state index is 0.176. The third-order valence-corrected chi connectivity index (χ3v) is 5.97. The summed E-state index contributed by atoms with van der Waals surface area (Å²) < 4.78 is 11.8. The Labute approximate surface area is 194 Å². The van der Waals surface area contributed by atoms with Crippen LogP contribution in [0.5, 0.6) is 11.5 Å². The molecule has 0 amide bonds. The average Bonchev–Trinajstić information content (AvgIpc) is 2.82. The fourth-order valence-corrected chi connectivity index (χ4v) is 3.70. The van der Waals surface area contributed by atoms with Crippen LogP contribution in [0.2, 0.25) is 0 Å². The molecule has 0 aliphatic heterocycles. The Bertz CT molecular complexity index is 790. The minimum atomic E-state index is -0.176. The lowest BCUT2D eigenvalue weighted by Gasteiger charge is -2.14. The van der Waals surface area contributed by atoms with Crippen molar-refractivity contribution < 1.29 is 14.3 Å². The summed E-state index contributed by atoms with van der Waals surface area (Å²) in [6, 6.07) is 9.60. The normalized spacial score (nSPS) is 11.8. The zero-order valence-electron chi connectivity index (χ0n) is 20.3. The monoisotopic (exact) mass is 439 g/mol. The van der Waals surface area contributed by atoms with Gasteiger partial charge >= 0.3 is 5.97 Å². The number of ether oxygens (including phenoxy) is 2. The first-order valence-electron chi connectivity index (χ1n) is 12.5. The second-order valence-electron chi connectivity index (χ2n) is 8.72. The zero-order valence-corrected chi connectivity index (χ0v) is 20.3. The van der Waals surface area contributed by atoms with Gasteiger partial charge in [0.05, 0.1) is 12.8 Å². The predicted octanol–water partition coefficient (Wildman–Crippen LogP) is 8.00. The topological polar surface area (TPSA) is 48.4 Å². The van der Waals surface area contributed by atoms with Crippen LogP contribution in [0.4, 0.5) is 0 Å². The summed E-state index contributed by atoms with van der Waals surface area (Å²) in [5, 5.41) is 0. The zero-order chi connectivity index (χ0) is 23.0. The Balaban J connectivity index is 1.94. The molecule has 0 aliphatic rings. The maximum absolute atomic E-state index is 12.4. The van der Waals surface area contributed by atoms with E-state index in [-0.39, 0.29) is 5.97 Å². The Morgan fingerprint density at radius 1 is 0.906 bits per heavy atom. The van der Waals surface area contributed by atoms with Gasteiger partial charge in [0.25, 0.3) is 0 Å². The molecule has 0 aliphatic carbocycles. The first-order valence-corrected chi connectivity index (χ1v) is 12.5. The molecular formula is C28H41NO3. The second-order valence-corrected chi connectivity index (χ2v) is 8.72. The molecule has 0 fully saturated rings. The molecule has 1 atom stereocenters. The second kappa shape index (κ2) is 15.4. The van der Waals surface area contributed by atoms with Crippen LogP contribution in [-0.2, 0) is 4.79 Å². The van der Waals surface area contributed by atoms with E-state index in [1.807, 2.05) is 30.3 Å². The van der Waals surface area contributed by atoms with Crippen molar-refractivity contribution in [3.05, 3.63) is 42.7 Å². The van der Waals surface area contributed by atoms with E-state index in [0.717, 1.165) is 42.6 Å². The largest absolute Gasteiger partial charge is 0.491 e. The van der Waals surface area contributed by atoms with Crippen LogP contribution in [0.15, 0.2) is 42.7 Å². The molecule has 4 heteroatoms. The van der Waals surface area contributed by atoms with Crippen LogP contribution in [-0.4, -0.2) is 17.6 Å². The molecule has 2 aromatic rings. The Morgan fingerprint density at radius 2 is 1.66 bits per heavy atom. The Hall–Kier alpha value is -2.36. The minimum Gasteiger partial charge on any atom is -0.491 e. The lowest BCUT2D eigenvalue weighted by molar-refractivity contribution is -0.134. The van der Waals surface area contributed by atoms with Crippen LogP contribution < -0.4 is 9.47 Å². The highest BCUT2D eigenvalue weighted by Crippen LogP contribution is 2.36. The number of benzene rings is 1. The first-order chi connectivity index (χ1) is 15.7. The fraction of sp³-hybridized carbons (Fsp3) is 0.571.